The summed E-state index contributed by atoms with van der Waals surface area (Å²) in [7, 11) is 2.19. The third-order valence-electron chi connectivity index (χ3n) is 3.65. The number of rotatable bonds is 3. The Morgan fingerprint density at radius 2 is 1.77 bits per heavy atom. The maximum absolute atomic E-state index is 3.73. The predicted octanol–water partition coefficient (Wildman–Crippen LogP) is 1.32. The van der Waals surface area contributed by atoms with E-state index in [2.05, 4.69) is 31.1 Å². The first-order valence-corrected chi connectivity index (χ1v) is 5.59. The lowest BCUT2D eigenvalue weighted by atomic mass is 9.73. The van der Waals surface area contributed by atoms with Crippen molar-refractivity contribution in [3.8, 4) is 0 Å². The molecule has 0 atom stereocenters. The Balaban J connectivity index is 1.59. The Morgan fingerprint density at radius 1 is 1.15 bits per heavy atom. The molecular formula is C11H22N2. The highest BCUT2D eigenvalue weighted by molar-refractivity contribution is 4.92. The van der Waals surface area contributed by atoms with Gasteiger partial charge in [-0.1, -0.05) is 13.8 Å². The summed E-state index contributed by atoms with van der Waals surface area (Å²) in [5.74, 6) is 1.89. The van der Waals surface area contributed by atoms with Crippen molar-refractivity contribution in [2.24, 2.45) is 11.8 Å². The van der Waals surface area contributed by atoms with Crippen LogP contribution in [0.25, 0.3) is 0 Å². The molecule has 1 N–H and O–H groups in total. The van der Waals surface area contributed by atoms with E-state index in [9.17, 15) is 0 Å². The van der Waals surface area contributed by atoms with E-state index in [0.717, 1.165) is 23.9 Å². The molecule has 13 heavy (non-hydrogen) atoms. The van der Waals surface area contributed by atoms with Gasteiger partial charge in [-0.05, 0) is 31.7 Å². The lowest BCUT2D eigenvalue weighted by Crippen LogP contribution is -2.60. The number of hydrogen-bond acceptors (Lipinski definition) is 2. The van der Waals surface area contributed by atoms with Crippen LogP contribution in [0.1, 0.15) is 26.7 Å². The minimum absolute atomic E-state index is 0.795. The maximum Gasteiger partial charge on any atom is 0.0324 e. The van der Waals surface area contributed by atoms with Crippen LogP contribution in [-0.2, 0) is 0 Å². The fourth-order valence-corrected chi connectivity index (χ4v) is 2.48. The molecule has 76 valence electrons. The van der Waals surface area contributed by atoms with Crippen LogP contribution in [0.5, 0.6) is 0 Å². The first-order valence-electron chi connectivity index (χ1n) is 5.59. The van der Waals surface area contributed by atoms with Crippen molar-refractivity contribution in [2.45, 2.75) is 38.8 Å². The van der Waals surface area contributed by atoms with E-state index in [1.54, 1.807) is 0 Å². The second-order valence-electron chi connectivity index (χ2n) is 5.26. The number of hydrogen-bond donors (Lipinski definition) is 1. The molecule has 0 amide bonds. The molecule has 2 nitrogen and oxygen atoms in total. The second-order valence-corrected chi connectivity index (χ2v) is 5.26. The summed E-state index contributed by atoms with van der Waals surface area (Å²) in [5.41, 5.74) is 0. The van der Waals surface area contributed by atoms with Crippen LogP contribution >= 0.6 is 0 Å². The Hall–Kier alpha value is -0.0800. The number of nitrogens with zero attached hydrogens (tertiary/aromatic N) is 1. The van der Waals surface area contributed by atoms with Crippen LogP contribution in [0.2, 0.25) is 0 Å². The Bertz CT molecular complexity index is 167. The first-order chi connectivity index (χ1) is 6.15. The normalized spacial score (nSPS) is 36.0. The zero-order valence-electron chi connectivity index (χ0n) is 9.09. The van der Waals surface area contributed by atoms with Gasteiger partial charge in [0.1, 0.15) is 0 Å². The highest BCUT2D eigenvalue weighted by atomic mass is 15.2. The SMILES string of the molecule is CC(C)C1CC(NC2CN(C)C2)C1. The van der Waals surface area contributed by atoms with Gasteiger partial charge in [0.25, 0.3) is 0 Å². The van der Waals surface area contributed by atoms with Gasteiger partial charge in [-0.25, -0.2) is 0 Å². The molecule has 1 aliphatic carbocycles. The minimum Gasteiger partial charge on any atom is -0.309 e. The molecule has 1 aliphatic heterocycles. The van der Waals surface area contributed by atoms with E-state index in [1.165, 1.54) is 25.9 Å². The summed E-state index contributed by atoms with van der Waals surface area (Å²) in [6, 6.07) is 1.63. The molecule has 1 saturated heterocycles. The molecule has 0 bridgehead atoms. The molecule has 0 aromatic rings. The van der Waals surface area contributed by atoms with E-state index in [0.29, 0.717) is 0 Å². The van der Waals surface area contributed by atoms with Crippen LogP contribution in [0.15, 0.2) is 0 Å². The van der Waals surface area contributed by atoms with Crippen molar-refractivity contribution in [3.63, 3.8) is 0 Å². The van der Waals surface area contributed by atoms with Crippen molar-refractivity contribution in [3.05, 3.63) is 0 Å². The van der Waals surface area contributed by atoms with Crippen molar-refractivity contribution in [1.82, 2.24) is 10.2 Å². The maximum atomic E-state index is 3.73. The molecule has 0 radical (unpaired) electrons. The third kappa shape index (κ3) is 2.05. The van der Waals surface area contributed by atoms with Crippen molar-refractivity contribution in [1.29, 1.82) is 0 Å². The van der Waals surface area contributed by atoms with E-state index in [1.807, 2.05) is 0 Å². The van der Waals surface area contributed by atoms with E-state index < -0.39 is 0 Å². The minimum atomic E-state index is 0.795. The molecule has 2 aliphatic rings. The number of likely N-dealkylation sites (tertiary alicyclic amines) is 1. The average molecular weight is 182 g/mol. The van der Waals surface area contributed by atoms with Gasteiger partial charge < -0.3 is 10.2 Å². The predicted molar refractivity (Wildman–Crippen MR) is 55.8 cm³/mol. The summed E-state index contributed by atoms with van der Waals surface area (Å²) >= 11 is 0. The van der Waals surface area contributed by atoms with Crippen molar-refractivity contribution < 1.29 is 0 Å². The molecule has 1 heterocycles. The molecule has 1 saturated carbocycles. The Kier molecular flexibility index (Phi) is 2.61. The number of likely N-dealkylation sites (N-methyl/N-ethyl adjacent to an activating group) is 1. The molecule has 2 heteroatoms. The van der Waals surface area contributed by atoms with Crippen LogP contribution in [0, 0.1) is 11.8 Å². The fourth-order valence-electron chi connectivity index (χ4n) is 2.48. The summed E-state index contributed by atoms with van der Waals surface area (Å²) in [6.07, 6.45) is 2.83. The lowest BCUT2D eigenvalue weighted by Gasteiger charge is -2.45. The molecule has 2 fully saturated rings. The molecule has 2 rings (SSSR count). The summed E-state index contributed by atoms with van der Waals surface area (Å²) < 4.78 is 0. The van der Waals surface area contributed by atoms with Crippen LogP contribution in [0.3, 0.4) is 0 Å². The highest BCUT2D eigenvalue weighted by Crippen LogP contribution is 2.34. The fraction of sp³-hybridized carbons (Fsp3) is 1.00. The topological polar surface area (TPSA) is 15.3 Å². The number of nitrogens with one attached hydrogen (secondary N) is 1. The quantitative estimate of drug-likeness (QED) is 0.708. The van der Waals surface area contributed by atoms with Crippen molar-refractivity contribution >= 4 is 0 Å². The van der Waals surface area contributed by atoms with Gasteiger partial charge in [0, 0.05) is 25.2 Å². The van der Waals surface area contributed by atoms with Crippen LogP contribution in [0.4, 0.5) is 0 Å². The van der Waals surface area contributed by atoms with Gasteiger partial charge in [0.15, 0.2) is 0 Å². The van der Waals surface area contributed by atoms with Gasteiger partial charge in [0.05, 0.1) is 0 Å². The standard InChI is InChI=1S/C11H22N2/c1-8(2)9-4-10(5-9)12-11-6-13(3)7-11/h8-12H,4-7H2,1-3H3. The van der Waals surface area contributed by atoms with E-state index >= 15 is 0 Å². The molecule has 0 spiro atoms. The van der Waals surface area contributed by atoms with Gasteiger partial charge in [-0.2, -0.15) is 0 Å². The molecule has 0 aromatic carbocycles. The zero-order chi connectivity index (χ0) is 9.42. The summed E-state index contributed by atoms with van der Waals surface area (Å²) in [4.78, 5) is 2.37. The highest BCUT2D eigenvalue weighted by Gasteiger charge is 2.34. The second kappa shape index (κ2) is 3.58. The van der Waals surface area contributed by atoms with Gasteiger partial charge >= 0.3 is 0 Å². The van der Waals surface area contributed by atoms with Gasteiger partial charge in [0.2, 0.25) is 0 Å². The van der Waals surface area contributed by atoms with Crippen LogP contribution < -0.4 is 5.32 Å². The third-order valence-corrected chi connectivity index (χ3v) is 3.65. The molecule has 0 aromatic heterocycles. The largest absolute Gasteiger partial charge is 0.309 e. The van der Waals surface area contributed by atoms with E-state index in [4.69, 9.17) is 0 Å². The first kappa shape index (κ1) is 9.47. The zero-order valence-corrected chi connectivity index (χ0v) is 9.09. The Morgan fingerprint density at radius 3 is 2.23 bits per heavy atom. The average Bonchev–Trinajstić information content (AvgIpc) is 1.90. The Labute approximate surface area is 81.7 Å². The van der Waals surface area contributed by atoms with E-state index in [-0.39, 0.29) is 0 Å². The lowest BCUT2D eigenvalue weighted by molar-refractivity contribution is 0.0993. The van der Waals surface area contributed by atoms with Crippen molar-refractivity contribution in [2.75, 3.05) is 20.1 Å². The summed E-state index contributed by atoms with van der Waals surface area (Å²) in [6.45, 7) is 7.20. The van der Waals surface area contributed by atoms with Gasteiger partial charge in [-0.3, -0.25) is 0 Å². The van der Waals surface area contributed by atoms with Gasteiger partial charge in [-0.15, -0.1) is 0 Å². The monoisotopic (exact) mass is 182 g/mol. The molecular weight excluding hydrogens is 160 g/mol. The molecule has 0 unspecified atom stereocenters. The smallest absolute Gasteiger partial charge is 0.0324 e. The van der Waals surface area contributed by atoms with Crippen LogP contribution in [-0.4, -0.2) is 37.1 Å². The summed E-state index contributed by atoms with van der Waals surface area (Å²) in [5, 5.41) is 3.73.